The van der Waals surface area contributed by atoms with Gasteiger partial charge in [-0.3, -0.25) is 0 Å². The molecule has 0 fully saturated rings. The smallest absolute Gasteiger partial charge is 0.124 e. The molecular formula is C13H7ClFIN2. The lowest BCUT2D eigenvalue weighted by molar-refractivity contribution is 0.627. The minimum Gasteiger partial charge on any atom is -0.354 e. The van der Waals surface area contributed by atoms with E-state index in [4.69, 9.17) is 16.9 Å². The fraction of sp³-hybridized carbons (Fsp3) is 0. The van der Waals surface area contributed by atoms with Gasteiger partial charge in [0.2, 0.25) is 0 Å². The van der Waals surface area contributed by atoms with Crippen LogP contribution in [0.1, 0.15) is 5.56 Å². The summed E-state index contributed by atoms with van der Waals surface area (Å²) in [4.78, 5) is 0. The maximum atomic E-state index is 13.0. The molecule has 0 aliphatic heterocycles. The third-order valence-electron chi connectivity index (χ3n) is 2.33. The summed E-state index contributed by atoms with van der Waals surface area (Å²) in [5.41, 5.74) is 1.71. The molecule has 0 amide bonds. The predicted octanol–water partition coefficient (Wildman–Crippen LogP) is 4.70. The van der Waals surface area contributed by atoms with Crippen molar-refractivity contribution in [3.05, 3.63) is 56.4 Å². The van der Waals surface area contributed by atoms with E-state index in [-0.39, 0.29) is 5.82 Å². The first kappa shape index (κ1) is 13.1. The number of hydrogen-bond acceptors (Lipinski definition) is 2. The van der Waals surface area contributed by atoms with Gasteiger partial charge in [-0.25, -0.2) is 4.39 Å². The summed E-state index contributed by atoms with van der Waals surface area (Å²) in [6.45, 7) is 0. The second kappa shape index (κ2) is 5.55. The van der Waals surface area contributed by atoms with Crippen LogP contribution in [0.5, 0.6) is 0 Å². The number of nitriles is 1. The topological polar surface area (TPSA) is 35.8 Å². The quantitative estimate of drug-likeness (QED) is 0.776. The molecule has 5 heteroatoms. The van der Waals surface area contributed by atoms with Gasteiger partial charge in [-0.15, -0.1) is 0 Å². The number of halogens is 3. The number of nitrogens with zero attached hydrogens (tertiary/aromatic N) is 1. The fourth-order valence-electron chi connectivity index (χ4n) is 1.48. The number of anilines is 2. The molecular weight excluding hydrogens is 366 g/mol. The number of nitrogens with one attached hydrogen (secondary N) is 1. The summed E-state index contributed by atoms with van der Waals surface area (Å²) in [7, 11) is 0. The average molecular weight is 373 g/mol. The summed E-state index contributed by atoms with van der Waals surface area (Å²) in [6.07, 6.45) is 0. The highest BCUT2D eigenvalue weighted by molar-refractivity contribution is 14.1. The van der Waals surface area contributed by atoms with Gasteiger partial charge in [-0.05, 0) is 52.9 Å². The van der Waals surface area contributed by atoms with Gasteiger partial charge in [-0.1, -0.05) is 17.7 Å². The van der Waals surface area contributed by atoms with Gasteiger partial charge in [0.1, 0.15) is 11.9 Å². The van der Waals surface area contributed by atoms with Crippen LogP contribution in [0, 0.1) is 20.7 Å². The SMILES string of the molecule is N#Cc1c(Cl)cccc1Nc1ccc(F)cc1I. The second-order valence-electron chi connectivity index (χ2n) is 3.52. The first-order chi connectivity index (χ1) is 8.61. The van der Waals surface area contributed by atoms with Crippen molar-refractivity contribution in [2.75, 3.05) is 5.32 Å². The molecule has 18 heavy (non-hydrogen) atoms. The zero-order valence-electron chi connectivity index (χ0n) is 9.05. The van der Waals surface area contributed by atoms with Crippen molar-refractivity contribution < 1.29 is 4.39 Å². The molecule has 1 N–H and O–H groups in total. The Hall–Kier alpha value is -1.32. The van der Waals surface area contributed by atoms with Crippen LogP contribution in [0.25, 0.3) is 0 Å². The highest BCUT2D eigenvalue weighted by atomic mass is 127. The number of benzene rings is 2. The first-order valence-electron chi connectivity index (χ1n) is 5.02. The maximum Gasteiger partial charge on any atom is 0.124 e. The normalized spacial score (nSPS) is 9.89. The molecule has 0 saturated heterocycles. The van der Waals surface area contributed by atoms with Gasteiger partial charge in [0.15, 0.2) is 0 Å². The van der Waals surface area contributed by atoms with Crippen LogP contribution in [0.15, 0.2) is 36.4 Å². The average Bonchev–Trinajstić information content (AvgIpc) is 2.33. The Bertz CT molecular complexity index is 637. The minimum atomic E-state index is -0.295. The molecule has 0 spiro atoms. The van der Waals surface area contributed by atoms with Gasteiger partial charge >= 0.3 is 0 Å². The molecule has 0 atom stereocenters. The van der Waals surface area contributed by atoms with Crippen molar-refractivity contribution in [1.82, 2.24) is 0 Å². The van der Waals surface area contributed by atoms with E-state index in [1.807, 2.05) is 28.7 Å². The van der Waals surface area contributed by atoms with Crippen molar-refractivity contribution in [2.45, 2.75) is 0 Å². The standard InChI is InChI=1S/C13H7ClFIN2/c14-10-2-1-3-12(9(10)7-17)18-13-5-4-8(15)6-11(13)16/h1-6,18H. The van der Waals surface area contributed by atoms with E-state index < -0.39 is 0 Å². The van der Waals surface area contributed by atoms with Crippen LogP contribution in [-0.4, -0.2) is 0 Å². The fourth-order valence-corrected chi connectivity index (χ4v) is 2.31. The molecule has 0 heterocycles. The number of rotatable bonds is 2. The highest BCUT2D eigenvalue weighted by Crippen LogP contribution is 2.28. The van der Waals surface area contributed by atoms with Crippen LogP contribution < -0.4 is 5.32 Å². The van der Waals surface area contributed by atoms with Crippen LogP contribution in [-0.2, 0) is 0 Å². The Morgan fingerprint density at radius 2 is 2.00 bits per heavy atom. The zero-order valence-corrected chi connectivity index (χ0v) is 12.0. The molecule has 0 saturated carbocycles. The Kier molecular flexibility index (Phi) is 4.04. The number of hydrogen-bond donors (Lipinski definition) is 1. The van der Waals surface area contributed by atoms with E-state index in [9.17, 15) is 4.39 Å². The van der Waals surface area contributed by atoms with E-state index in [0.29, 0.717) is 16.3 Å². The summed E-state index contributed by atoms with van der Waals surface area (Å²) in [6, 6.07) is 11.6. The van der Waals surface area contributed by atoms with Crippen molar-refractivity contribution in [3.63, 3.8) is 0 Å². The van der Waals surface area contributed by atoms with E-state index in [2.05, 4.69) is 5.32 Å². The van der Waals surface area contributed by atoms with E-state index >= 15 is 0 Å². The second-order valence-corrected chi connectivity index (χ2v) is 5.09. The summed E-state index contributed by atoms with van der Waals surface area (Å²) < 4.78 is 13.7. The lowest BCUT2D eigenvalue weighted by atomic mass is 10.2. The van der Waals surface area contributed by atoms with Crippen LogP contribution in [0.2, 0.25) is 5.02 Å². The molecule has 0 radical (unpaired) electrons. The van der Waals surface area contributed by atoms with Crippen LogP contribution >= 0.6 is 34.2 Å². The third-order valence-corrected chi connectivity index (χ3v) is 3.53. The van der Waals surface area contributed by atoms with E-state index in [1.54, 1.807) is 24.3 Å². The van der Waals surface area contributed by atoms with E-state index in [0.717, 1.165) is 9.26 Å². The summed E-state index contributed by atoms with van der Waals surface area (Å²) in [5.74, 6) is -0.295. The molecule has 0 aliphatic rings. The molecule has 0 unspecified atom stereocenters. The molecule has 0 aromatic heterocycles. The molecule has 0 aliphatic carbocycles. The Morgan fingerprint density at radius 1 is 1.22 bits per heavy atom. The van der Waals surface area contributed by atoms with Crippen LogP contribution in [0.3, 0.4) is 0 Å². The lowest BCUT2D eigenvalue weighted by Gasteiger charge is -2.10. The molecule has 90 valence electrons. The van der Waals surface area contributed by atoms with Crippen molar-refractivity contribution in [3.8, 4) is 6.07 Å². The van der Waals surface area contributed by atoms with Gasteiger partial charge in [0.05, 0.1) is 22.0 Å². The predicted molar refractivity (Wildman–Crippen MR) is 78.6 cm³/mol. The van der Waals surface area contributed by atoms with Gasteiger partial charge in [0, 0.05) is 3.57 Å². The summed E-state index contributed by atoms with van der Waals surface area (Å²) in [5, 5.41) is 12.5. The van der Waals surface area contributed by atoms with Gasteiger partial charge in [-0.2, -0.15) is 5.26 Å². The zero-order chi connectivity index (χ0) is 13.1. The van der Waals surface area contributed by atoms with Gasteiger partial charge in [0.25, 0.3) is 0 Å². The monoisotopic (exact) mass is 372 g/mol. The third kappa shape index (κ3) is 2.74. The van der Waals surface area contributed by atoms with Crippen molar-refractivity contribution >= 4 is 45.6 Å². The Balaban J connectivity index is 2.41. The van der Waals surface area contributed by atoms with Gasteiger partial charge < -0.3 is 5.32 Å². The molecule has 2 aromatic carbocycles. The maximum absolute atomic E-state index is 13.0. The minimum absolute atomic E-state index is 0.295. The molecule has 2 rings (SSSR count). The highest BCUT2D eigenvalue weighted by Gasteiger charge is 2.08. The van der Waals surface area contributed by atoms with Crippen molar-refractivity contribution in [1.29, 1.82) is 5.26 Å². The molecule has 2 nitrogen and oxygen atoms in total. The van der Waals surface area contributed by atoms with E-state index in [1.165, 1.54) is 12.1 Å². The largest absolute Gasteiger partial charge is 0.354 e. The lowest BCUT2D eigenvalue weighted by Crippen LogP contribution is -1.96. The summed E-state index contributed by atoms with van der Waals surface area (Å²) >= 11 is 7.96. The van der Waals surface area contributed by atoms with Crippen LogP contribution in [0.4, 0.5) is 15.8 Å². The van der Waals surface area contributed by atoms with Crippen molar-refractivity contribution in [2.24, 2.45) is 0 Å². The molecule has 0 bridgehead atoms. The first-order valence-corrected chi connectivity index (χ1v) is 6.48. The Labute approximate surface area is 123 Å². The molecule has 2 aromatic rings. The Morgan fingerprint density at radius 3 is 2.67 bits per heavy atom.